The summed E-state index contributed by atoms with van der Waals surface area (Å²) in [5.74, 6) is 0.474. The number of methoxy groups -OCH3 is 2. The highest BCUT2D eigenvalue weighted by molar-refractivity contribution is 7.89. The van der Waals surface area contributed by atoms with Crippen LogP contribution >= 0.6 is 11.6 Å². The van der Waals surface area contributed by atoms with Crippen molar-refractivity contribution in [1.82, 2.24) is 9.21 Å². The highest BCUT2D eigenvalue weighted by Gasteiger charge is 2.31. The Hall–Kier alpha value is -3.27. The molecule has 1 aliphatic heterocycles. The lowest BCUT2D eigenvalue weighted by Crippen LogP contribution is -2.51. The highest BCUT2D eigenvalue weighted by atomic mass is 35.5. The first-order valence-electron chi connectivity index (χ1n) is 11.9. The predicted octanol–water partition coefficient (Wildman–Crippen LogP) is 3.90. The SMILES string of the molecule is COc1ccc(S(=O)(=O)N(CC(=O)N2CCN(c3cccc(Cl)c3)CC2)Cc2ccccc2)cc1OC. The fraction of sp³-hybridized carbons (Fsp3) is 0.296. The standard InChI is InChI=1S/C27H30ClN3O5S/c1-35-25-12-11-24(18-26(25)36-2)37(33,34)31(19-21-7-4-3-5-8-21)20-27(32)30-15-13-29(14-16-30)23-10-6-9-22(28)17-23/h3-12,17-18H,13-16,19-20H2,1-2H3. The molecule has 196 valence electrons. The minimum atomic E-state index is -4.02. The van der Waals surface area contributed by atoms with E-state index in [2.05, 4.69) is 4.90 Å². The molecule has 1 aliphatic rings. The second kappa shape index (κ2) is 11.9. The molecule has 0 unspecified atom stereocenters. The number of sulfonamides is 1. The van der Waals surface area contributed by atoms with Crippen molar-refractivity contribution in [3.05, 3.63) is 83.4 Å². The van der Waals surface area contributed by atoms with Gasteiger partial charge in [-0.2, -0.15) is 4.31 Å². The van der Waals surface area contributed by atoms with Gasteiger partial charge in [0.05, 0.1) is 25.7 Å². The first-order valence-corrected chi connectivity index (χ1v) is 13.7. The third-order valence-electron chi connectivity index (χ3n) is 6.31. The average Bonchev–Trinajstić information content (AvgIpc) is 2.92. The van der Waals surface area contributed by atoms with Crippen LogP contribution in [0.5, 0.6) is 11.5 Å². The minimum Gasteiger partial charge on any atom is -0.493 e. The summed E-state index contributed by atoms with van der Waals surface area (Å²) in [4.78, 5) is 17.2. The van der Waals surface area contributed by atoms with E-state index in [0.717, 1.165) is 11.3 Å². The number of halogens is 1. The summed E-state index contributed by atoms with van der Waals surface area (Å²) in [6, 6.07) is 21.3. The van der Waals surface area contributed by atoms with E-state index < -0.39 is 10.0 Å². The van der Waals surface area contributed by atoms with Gasteiger partial charge in [0.1, 0.15) is 0 Å². The first-order chi connectivity index (χ1) is 17.8. The molecule has 0 aromatic heterocycles. The third-order valence-corrected chi connectivity index (χ3v) is 8.33. The Morgan fingerprint density at radius 1 is 0.892 bits per heavy atom. The second-order valence-electron chi connectivity index (χ2n) is 8.62. The molecule has 3 aromatic rings. The molecule has 0 saturated carbocycles. The zero-order valence-electron chi connectivity index (χ0n) is 20.8. The van der Waals surface area contributed by atoms with Gasteiger partial charge in [-0.3, -0.25) is 4.79 Å². The van der Waals surface area contributed by atoms with Crippen molar-refractivity contribution in [2.24, 2.45) is 0 Å². The van der Waals surface area contributed by atoms with Crippen LogP contribution in [0.25, 0.3) is 0 Å². The zero-order chi connectivity index (χ0) is 26.4. The average molecular weight is 544 g/mol. The molecule has 37 heavy (non-hydrogen) atoms. The number of anilines is 1. The van der Waals surface area contributed by atoms with Crippen LogP contribution < -0.4 is 14.4 Å². The summed E-state index contributed by atoms with van der Waals surface area (Å²) in [5.41, 5.74) is 1.78. The van der Waals surface area contributed by atoms with Crippen LogP contribution in [0.4, 0.5) is 5.69 Å². The lowest BCUT2D eigenvalue weighted by atomic mass is 10.2. The number of hydrogen-bond acceptors (Lipinski definition) is 6. The molecule has 1 heterocycles. The molecule has 1 amide bonds. The van der Waals surface area contributed by atoms with E-state index in [-0.39, 0.29) is 23.9 Å². The van der Waals surface area contributed by atoms with Crippen molar-refractivity contribution >= 4 is 33.2 Å². The fourth-order valence-electron chi connectivity index (χ4n) is 4.28. The monoisotopic (exact) mass is 543 g/mol. The second-order valence-corrected chi connectivity index (χ2v) is 11.0. The molecule has 10 heteroatoms. The van der Waals surface area contributed by atoms with Crippen LogP contribution in [-0.4, -0.2) is 70.5 Å². The summed E-state index contributed by atoms with van der Waals surface area (Å²) in [6.07, 6.45) is 0. The van der Waals surface area contributed by atoms with Gasteiger partial charge in [-0.05, 0) is 35.9 Å². The molecule has 0 radical (unpaired) electrons. The molecule has 0 atom stereocenters. The molecule has 4 rings (SSSR count). The number of piperazine rings is 1. The Balaban J connectivity index is 1.53. The van der Waals surface area contributed by atoms with Gasteiger partial charge in [-0.25, -0.2) is 8.42 Å². The van der Waals surface area contributed by atoms with E-state index in [1.54, 1.807) is 11.0 Å². The summed E-state index contributed by atoms with van der Waals surface area (Å²) < 4.78 is 39.2. The smallest absolute Gasteiger partial charge is 0.243 e. The maximum atomic E-state index is 13.7. The molecule has 1 saturated heterocycles. The molecular formula is C27H30ClN3O5S. The van der Waals surface area contributed by atoms with Crippen molar-refractivity contribution in [3.8, 4) is 11.5 Å². The number of carbonyl (C=O) groups excluding carboxylic acids is 1. The number of amides is 1. The Bertz CT molecular complexity index is 1330. The molecule has 0 bridgehead atoms. The van der Waals surface area contributed by atoms with Crippen LogP contribution in [0.3, 0.4) is 0 Å². The zero-order valence-corrected chi connectivity index (χ0v) is 22.4. The number of hydrogen-bond donors (Lipinski definition) is 0. The van der Waals surface area contributed by atoms with Crippen molar-refractivity contribution in [1.29, 1.82) is 0 Å². The van der Waals surface area contributed by atoms with E-state index in [0.29, 0.717) is 42.7 Å². The molecule has 0 spiro atoms. The fourth-order valence-corrected chi connectivity index (χ4v) is 5.85. The maximum Gasteiger partial charge on any atom is 0.243 e. The van der Waals surface area contributed by atoms with Crippen LogP contribution in [0, 0.1) is 0 Å². The Morgan fingerprint density at radius 2 is 1.59 bits per heavy atom. The van der Waals surface area contributed by atoms with Crippen molar-refractivity contribution in [2.75, 3.05) is 51.8 Å². The summed E-state index contributed by atoms with van der Waals surface area (Å²) >= 11 is 6.13. The van der Waals surface area contributed by atoms with Gasteiger partial charge in [0, 0.05) is 49.5 Å². The van der Waals surface area contributed by atoms with Crippen molar-refractivity contribution in [2.45, 2.75) is 11.4 Å². The van der Waals surface area contributed by atoms with Gasteiger partial charge in [0.15, 0.2) is 11.5 Å². The lowest BCUT2D eigenvalue weighted by molar-refractivity contribution is -0.131. The van der Waals surface area contributed by atoms with Crippen LogP contribution in [0.15, 0.2) is 77.7 Å². The Morgan fingerprint density at radius 3 is 2.24 bits per heavy atom. The van der Waals surface area contributed by atoms with E-state index in [9.17, 15) is 13.2 Å². The summed E-state index contributed by atoms with van der Waals surface area (Å²) in [7, 11) is -1.09. The van der Waals surface area contributed by atoms with E-state index >= 15 is 0 Å². The topological polar surface area (TPSA) is 79.4 Å². The lowest BCUT2D eigenvalue weighted by Gasteiger charge is -2.37. The number of nitrogens with zero attached hydrogens (tertiary/aromatic N) is 3. The number of benzene rings is 3. The summed E-state index contributed by atoms with van der Waals surface area (Å²) in [5, 5.41) is 0.660. The van der Waals surface area contributed by atoms with Gasteiger partial charge in [-0.15, -0.1) is 0 Å². The van der Waals surface area contributed by atoms with Gasteiger partial charge >= 0.3 is 0 Å². The molecular weight excluding hydrogens is 514 g/mol. The molecule has 8 nitrogen and oxygen atoms in total. The normalized spacial score (nSPS) is 14.1. The van der Waals surface area contributed by atoms with Crippen LogP contribution in [0.2, 0.25) is 5.02 Å². The largest absolute Gasteiger partial charge is 0.493 e. The van der Waals surface area contributed by atoms with E-state index in [1.807, 2.05) is 54.6 Å². The van der Waals surface area contributed by atoms with Gasteiger partial charge in [0.25, 0.3) is 0 Å². The highest BCUT2D eigenvalue weighted by Crippen LogP contribution is 2.31. The third kappa shape index (κ3) is 6.36. The van der Waals surface area contributed by atoms with Crippen LogP contribution in [-0.2, 0) is 21.4 Å². The minimum absolute atomic E-state index is 0.0275. The van der Waals surface area contributed by atoms with E-state index in [1.165, 1.54) is 30.7 Å². The maximum absolute atomic E-state index is 13.7. The molecule has 1 fully saturated rings. The van der Waals surface area contributed by atoms with Gasteiger partial charge in [-0.1, -0.05) is 48.0 Å². The van der Waals surface area contributed by atoms with Crippen molar-refractivity contribution < 1.29 is 22.7 Å². The summed E-state index contributed by atoms with van der Waals surface area (Å²) in [6.45, 7) is 2.02. The van der Waals surface area contributed by atoms with Crippen LogP contribution in [0.1, 0.15) is 5.56 Å². The Kier molecular flexibility index (Phi) is 8.58. The van der Waals surface area contributed by atoms with Gasteiger partial charge < -0.3 is 19.3 Å². The predicted molar refractivity (Wildman–Crippen MR) is 144 cm³/mol. The quantitative estimate of drug-likeness (QED) is 0.407. The first kappa shape index (κ1) is 26.8. The molecule has 3 aromatic carbocycles. The number of carbonyl (C=O) groups is 1. The molecule has 0 aliphatic carbocycles. The number of ether oxygens (including phenoxy) is 2. The molecule has 0 N–H and O–H groups in total. The number of rotatable bonds is 9. The van der Waals surface area contributed by atoms with E-state index in [4.69, 9.17) is 21.1 Å². The Labute approximate surface area is 223 Å². The van der Waals surface area contributed by atoms with Gasteiger partial charge in [0.2, 0.25) is 15.9 Å². The van der Waals surface area contributed by atoms with Crippen molar-refractivity contribution in [3.63, 3.8) is 0 Å².